The summed E-state index contributed by atoms with van der Waals surface area (Å²) in [5, 5.41) is 5.16. The highest BCUT2D eigenvalue weighted by molar-refractivity contribution is 7.18. The number of aryl methyl sites for hydroxylation is 2. The van der Waals surface area contributed by atoms with Crippen LogP contribution in [0.3, 0.4) is 0 Å². The maximum atomic E-state index is 5.17. The van der Waals surface area contributed by atoms with Crippen molar-refractivity contribution in [2.24, 2.45) is 5.10 Å². The van der Waals surface area contributed by atoms with Crippen molar-refractivity contribution in [1.29, 1.82) is 0 Å². The van der Waals surface area contributed by atoms with Crippen molar-refractivity contribution in [2.45, 2.75) is 13.8 Å². The molecule has 96 valence electrons. The fraction of sp³-hybridized carbons (Fsp3) is 0.154. The Hall–Kier alpha value is -2.21. The summed E-state index contributed by atoms with van der Waals surface area (Å²) in [4.78, 5) is 10.7. The highest BCUT2D eigenvalue weighted by atomic mass is 32.1. The molecule has 0 unspecified atom stereocenters. The topological polar surface area (TPSA) is 63.3 Å². The summed E-state index contributed by atoms with van der Waals surface area (Å²) in [6, 6.07) is 3.65. The Balaban J connectivity index is 1.93. The lowest BCUT2D eigenvalue weighted by atomic mass is 10.2. The molecular formula is C13H12N4OS. The highest BCUT2D eigenvalue weighted by Gasteiger charge is 2.11. The Morgan fingerprint density at radius 2 is 2.26 bits per heavy atom. The van der Waals surface area contributed by atoms with Gasteiger partial charge in [-0.15, -0.1) is 11.3 Å². The number of aromatic nitrogens is 2. The molecule has 0 aliphatic rings. The molecule has 3 heterocycles. The average Bonchev–Trinajstić information content (AvgIpc) is 3.00. The van der Waals surface area contributed by atoms with Crippen LogP contribution in [-0.2, 0) is 0 Å². The van der Waals surface area contributed by atoms with Crippen molar-refractivity contribution in [2.75, 3.05) is 5.43 Å². The number of nitrogens with zero attached hydrogens (tertiary/aromatic N) is 3. The fourth-order valence-electron chi connectivity index (χ4n) is 1.79. The van der Waals surface area contributed by atoms with E-state index in [4.69, 9.17) is 4.42 Å². The van der Waals surface area contributed by atoms with E-state index in [-0.39, 0.29) is 0 Å². The number of rotatable bonds is 3. The van der Waals surface area contributed by atoms with E-state index >= 15 is 0 Å². The summed E-state index contributed by atoms with van der Waals surface area (Å²) in [5.41, 5.74) is 4.14. The smallest absolute Gasteiger partial charge is 0.158 e. The Morgan fingerprint density at radius 1 is 1.37 bits per heavy atom. The van der Waals surface area contributed by atoms with Gasteiger partial charge in [-0.05, 0) is 31.5 Å². The van der Waals surface area contributed by atoms with Crippen LogP contribution < -0.4 is 5.43 Å². The molecule has 0 radical (unpaired) electrons. The first-order valence-corrected chi connectivity index (χ1v) is 6.60. The summed E-state index contributed by atoms with van der Waals surface area (Å²) >= 11 is 1.66. The lowest BCUT2D eigenvalue weighted by Crippen LogP contribution is -1.95. The third kappa shape index (κ3) is 2.22. The van der Waals surface area contributed by atoms with Gasteiger partial charge in [0, 0.05) is 4.88 Å². The van der Waals surface area contributed by atoms with Crippen LogP contribution in [0.4, 0.5) is 5.82 Å². The van der Waals surface area contributed by atoms with Gasteiger partial charge in [0.15, 0.2) is 5.82 Å². The maximum absolute atomic E-state index is 5.17. The minimum absolute atomic E-state index is 0.691. The quantitative estimate of drug-likeness (QED) is 0.586. The predicted molar refractivity (Wildman–Crippen MR) is 76.8 cm³/mol. The van der Waals surface area contributed by atoms with Crippen molar-refractivity contribution in [3.63, 3.8) is 0 Å². The second-order valence-electron chi connectivity index (χ2n) is 4.07. The van der Waals surface area contributed by atoms with E-state index in [0.29, 0.717) is 5.76 Å². The molecule has 6 heteroatoms. The van der Waals surface area contributed by atoms with Gasteiger partial charge < -0.3 is 4.42 Å². The molecule has 3 aromatic heterocycles. The molecule has 0 fully saturated rings. The normalized spacial score (nSPS) is 11.5. The second kappa shape index (κ2) is 4.81. The summed E-state index contributed by atoms with van der Waals surface area (Å²) < 4.78 is 5.17. The lowest BCUT2D eigenvalue weighted by Gasteiger charge is -2.01. The van der Waals surface area contributed by atoms with Crippen LogP contribution >= 0.6 is 11.3 Å². The first-order chi connectivity index (χ1) is 9.25. The Kier molecular flexibility index (Phi) is 3.00. The number of thiophene rings is 1. The van der Waals surface area contributed by atoms with Crippen LogP contribution in [0, 0.1) is 13.8 Å². The molecule has 0 aliphatic heterocycles. The Bertz CT molecular complexity index is 731. The van der Waals surface area contributed by atoms with Gasteiger partial charge in [0.25, 0.3) is 0 Å². The van der Waals surface area contributed by atoms with Crippen LogP contribution in [0.2, 0.25) is 0 Å². The van der Waals surface area contributed by atoms with Crippen molar-refractivity contribution in [3.8, 4) is 0 Å². The van der Waals surface area contributed by atoms with Gasteiger partial charge in [0.1, 0.15) is 16.9 Å². The molecule has 0 aliphatic carbocycles. The molecule has 0 amide bonds. The summed E-state index contributed by atoms with van der Waals surface area (Å²) in [5.74, 6) is 1.41. The molecule has 0 aromatic carbocycles. The maximum Gasteiger partial charge on any atom is 0.158 e. The molecule has 3 aromatic rings. The number of fused-ring (bicyclic) bond motifs is 1. The second-order valence-corrected chi connectivity index (χ2v) is 5.27. The number of hydrazone groups is 1. The van der Waals surface area contributed by atoms with E-state index < -0.39 is 0 Å². The summed E-state index contributed by atoms with van der Waals surface area (Å²) in [7, 11) is 0. The molecule has 0 spiro atoms. The van der Waals surface area contributed by atoms with Crippen molar-refractivity contribution in [3.05, 3.63) is 40.9 Å². The molecular weight excluding hydrogens is 260 g/mol. The molecule has 19 heavy (non-hydrogen) atoms. The van der Waals surface area contributed by atoms with Gasteiger partial charge in [-0.25, -0.2) is 9.97 Å². The van der Waals surface area contributed by atoms with E-state index in [9.17, 15) is 0 Å². The van der Waals surface area contributed by atoms with Crippen LogP contribution in [0.25, 0.3) is 10.2 Å². The molecule has 5 nitrogen and oxygen atoms in total. The van der Waals surface area contributed by atoms with E-state index in [1.807, 2.05) is 12.1 Å². The van der Waals surface area contributed by atoms with Gasteiger partial charge in [-0.2, -0.15) is 5.10 Å². The third-order valence-corrected chi connectivity index (χ3v) is 3.99. The van der Waals surface area contributed by atoms with E-state index in [0.717, 1.165) is 16.0 Å². The monoisotopic (exact) mass is 272 g/mol. The van der Waals surface area contributed by atoms with E-state index in [2.05, 4.69) is 34.3 Å². The summed E-state index contributed by atoms with van der Waals surface area (Å²) in [6.45, 7) is 4.15. The minimum Gasteiger partial charge on any atom is -0.463 e. The zero-order chi connectivity index (χ0) is 13.2. The Morgan fingerprint density at radius 3 is 3.05 bits per heavy atom. The van der Waals surface area contributed by atoms with Gasteiger partial charge in [-0.1, -0.05) is 0 Å². The SMILES string of the molecule is Cc1sc2ncnc(N/N=C\c3ccco3)c2c1C. The lowest BCUT2D eigenvalue weighted by molar-refractivity contribution is 0.560. The van der Waals surface area contributed by atoms with Crippen LogP contribution in [0.5, 0.6) is 0 Å². The van der Waals surface area contributed by atoms with Gasteiger partial charge in [0.05, 0.1) is 17.9 Å². The molecule has 3 rings (SSSR count). The molecule has 0 saturated carbocycles. The molecule has 1 N–H and O–H groups in total. The standard InChI is InChI=1S/C13H12N4OS/c1-8-9(2)19-13-11(8)12(14-7-15-13)17-16-6-10-4-3-5-18-10/h3-7H,1-2H3,(H,14,15,17)/b16-6-. The van der Waals surface area contributed by atoms with Crippen LogP contribution in [-0.4, -0.2) is 16.2 Å². The average molecular weight is 272 g/mol. The van der Waals surface area contributed by atoms with Gasteiger partial charge >= 0.3 is 0 Å². The van der Waals surface area contributed by atoms with E-state index in [1.165, 1.54) is 10.4 Å². The van der Waals surface area contributed by atoms with Crippen molar-refractivity contribution < 1.29 is 4.42 Å². The molecule has 0 bridgehead atoms. The largest absolute Gasteiger partial charge is 0.463 e. The minimum atomic E-state index is 0.691. The number of anilines is 1. The number of nitrogens with one attached hydrogen (secondary N) is 1. The van der Waals surface area contributed by atoms with Crippen molar-refractivity contribution in [1.82, 2.24) is 9.97 Å². The molecule has 0 saturated heterocycles. The summed E-state index contributed by atoms with van der Waals surface area (Å²) in [6.07, 6.45) is 4.77. The van der Waals surface area contributed by atoms with Crippen LogP contribution in [0.15, 0.2) is 34.2 Å². The predicted octanol–water partition coefficient (Wildman–Crippen LogP) is 3.35. The first kappa shape index (κ1) is 11.9. The first-order valence-electron chi connectivity index (χ1n) is 5.79. The van der Waals surface area contributed by atoms with E-state index in [1.54, 1.807) is 30.1 Å². The number of hydrogen-bond acceptors (Lipinski definition) is 6. The molecule has 0 atom stereocenters. The third-order valence-electron chi connectivity index (χ3n) is 2.87. The van der Waals surface area contributed by atoms with Gasteiger partial charge in [0.2, 0.25) is 0 Å². The van der Waals surface area contributed by atoms with Crippen LogP contribution in [0.1, 0.15) is 16.2 Å². The van der Waals surface area contributed by atoms with Crippen molar-refractivity contribution >= 4 is 33.6 Å². The highest BCUT2D eigenvalue weighted by Crippen LogP contribution is 2.32. The zero-order valence-electron chi connectivity index (χ0n) is 10.5. The Labute approximate surface area is 114 Å². The number of hydrogen-bond donors (Lipinski definition) is 1. The van der Waals surface area contributed by atoms with Gasteiger partial charge in [-0.3, -0.25) is 5.43 Å². The number of furan rings is 1. The zero-order valence-corrected chi connectivity index (χ0v) is 11.4. The fourth-order valence-corrected chi connectivity index (χ4v) is 2.79.